The summed E-state index contributed by atoms with van der Waals surface area (Å²) in [5, 5.41) is 8.01. The van der Waals surface area contributed by atoms with E-state index in [-0.39, 0.29) is 27.4 Å². The van der Waals surface area contributed by atoms with Crippen LogP contribution in [-0.4, -0.2) is 38.3 Å². The molecule has 0 bridgehead atoms. The summed E-state index contributed by atoms with van der Waals surface area (Å²) in [5.74, 6) is 0.312. The monoisotopic (exact) mass is 428 g/mol. The standard InChI is InChI=1S/C15H12N10O2S2/c16-13-20-11-10(12(28)22-13)19-15(21-11)24-23-8-2-4-9(5-3-8)29(26,27)25-14-17-6-1-7-18-14/h1-7H,(H,17,18,25)(H4,16,19,20,21,22,28). The predicted molar refractivity (Wildman–Crippen MR) is 107 cm³/mol. The highest BCUT2D eigenvalue weighted by atomic mass is 32.2. The number of anilines is 2. The van der Waals surface area contributed by atoms with Gasteiger partial charge >= 0.3 is 0 Å². The fourth-order valence-corrected chi connectivity index (χ4v) is 3.50. The van der Waals surface area contributed by atoms with Crippen molar-refractivity contribution in [2.24, 2.45) is 10.2 Å². The molecule has 0 radical (unpaired) electrons. The van der Waals surface area contributed by atoms with Crippen molar-refractivity contribution >= 4 is 56.9 Å². The van der Waals surface area contributed by atoms with Crippen molar-refractivity contribution in [2.75, 3.05) is 10.5 Å². The number of nitrogens with one attached hydrogen (secondary N) is 3. The molecule has 0 amide bonds. The average molecular weight is 428 g/mol. The van der Waals surface area contributed by atoms with Crippen LogP contribution < -0.4 is 10.5 Å². The van der Waals surface area contributed by atoms with E-state index in [4.69, 9.17) is 18.0 Å². The second kappa shape index (κ2) is 7.33. The average Bonchev–Trinajstić information content (AvgIpc) is 3.10. The van der Waals surface area contributed by atoms with E-state index in [0.29, 0.717) is 16.9 Å². The van der Waals surface area contributed by atoms with Gasteiger partial charge < -0.3 is 15.7 Å². The van der Waals surface area contributed by atoms with Crippen molar-refractivity contribution in [1.29, 1.82) is 0 Å². The quantitative estimate of drug-likeness (QED) is 0.276. The van der Waals surface area contributed by atoms with Gasteiger partial charge in [0.2, 0.25) is 17.8 Å². The first kappa shape index (κ1) is 18.6. The normalized spacial score (nSPS) is 11.9. The first-order valence-electron chi connectivity index (χ1n) is 7.98. The van der Waals surface area contributed by atoms with Gasteiger partial charge in [-0.05, 0) is 30.3 Å². The largest absolute Gasteiger partial charge is 0.369 e. The molecule has 0 aliphatic heterocycles. The number of azo groups is 1. The number of hydrogen-bond acceptors (Lipinski definition) is 10. The van der Waals surface area contributed by atoms with Crippen LogP contribution >= 0.6 is 12.2 Å². The van der Waals surface area contributed by atoms with Crippen LogP contribution in [0.25, 0.3) is 11.2 Å². The molecule has 0 saturated carbocycles. The van der Waals surface area contributed by atoms with Crippen LogP contribution in [0.4, 0.5) is 23.5 Å². The minimum Gasteiger partial charge on any atom is -0.369 e. The highest BCUT2D eigenvalue weighted by Crippen LogP contribution is 2.21. The maximum Gasteiger partial charge on any atom is 0.264 e. The summed E-state index contributed by atoms with van der Waals surface area (Å²) >= 11 is 5.10. The van der Waals surface area contributed by atoms with Gasteiger partial charge in [-0.15, -0.1) is 10.2 Å². The number of sulfonamides is 1. The molecule has 0 atom stereocenters. The number of aromatic amines is 2. The summed E-state index contributed by atoms with van der Waals surface area (Å²) < 4.78 is 27.3. The van der Waals surface area contributed by atoms with E-state index in [1.54, 1.807) is 6.07 Å². The highest BCUT2D eigenvalue weighted by Gasteiger charge is 2.15. The van der Waals surface area contributed by atoms with Crippen LogP contribution in [0.5, 0.6) is 0 Å². The van der Waals surface area contributed by atoms with E-state index < -0.39 is 10.0 Å². The number of aromatic nitrogens is 6. The summed E-state index contributed by atoms with van der Waals surface area (Å²) in [6.45, 7) is 0. The Bertz CT molecular complexity index is 1360. The topological polar surface area (TPSA) is 180 Å². The second-order valence-electron chi connectivity index (χ2n) is 5.58. The third kappa shape index (κ3) is 4.07. The van der Waals surface area contributed by atoms with Crippen molar-refractivity contribution < 1.29 is 8.42 Å². The first-order chi connectivity index (χ1) is 13.9. The van der Waals surface area contributed by atoms with Crippen LogP contribution in [0.2, 0.25) is 0 Å². The molecule has 5 N–H and O–H groups in total. The van der Waals surface area contributed by atoms with E-state index in [9.17, 15) is 8.42 Å². The number of benzene rings is 1. The lowest BCUT2D eigenvalue weighted by Gasteiger charge is -2.05. The smallest absolute Gasteiger partial charge is 0.264 e. The van der Waals surface area contributed by atoms with Crippen molar-refractivity contribution in [1.82, 2.24) is 29.9 Å². The van der Waals surface area contributed by atoms with E-state index in [2.05, 4.69) is 44.9 Å². The van der Waals surface area contributed by atoms with E-state index >= 15 is 0 Å². The van der Waals surface area contributed by atoms with Crippen molar-refractivity contribution in [3.8, 4) is 0 Å². The maximum absolute atomic E-state index is 12.4. The van der Waals surface area contributed by atoms with Crippen molar-refractivity contribution in [3.05, 3.63) is 47.4 Å². The van der Waals surface area contributed by atoms with Crippen molar-refractivity contribution in [2.45, 2.75) is 4.90 Å². The fraction of sp³-hybridized carbons (Fsp3) is 0. The second-order valence-corrected chi connectivity index (χ2v) is 7.65. The fourth-order valence-electron chi connectivity index (χ4n) is 2.30. The Kier molecular flexibility index (Phi) is 4.69. The molecule has 0 spiro atoms. The Morgan fingerprint density at radius 1 is 1.03 bits per heavy atom. The Hall–Kier alpha value is -3.78. The molecule has 0 unspecified atom stereocenters. The summed E-state index contributed by atoms with van der Waals surface area (Å²) in [7, 11) is -3.82. The van der Waals surface area contributed by atoms with Crippen LogP contribution in [0.3, 0.4) is 0 Å². The SMILES string of the molecule is Nc1nc(=S)c2[nH]c(N=Nc3ccc(S(=O)(=O)Nc4ncccn4)cc3)nc2[nH]1. The van der Waals surface area contributed by atoms with Gasteiger partial charge in [0, 0.05) is 12.4 Å². The maximum atomic E-state index is 12.4. The third-order valence-electron chi connectivity index (χ3n) is 3.57. The van der Waals surface area contributed by atoms with E-state index in [0.717, 1.165) is 0 Å². The number of fused-ring (bicyclic) bond motifs is 1. The van der Waals surface area contributed by atoms with Gasteiger partial charge in [-0.25, -0.2) is 28.1 Å². The van der Waals surface area contributed by atoms with Crippen LogP contribution in [-0.2, 0) is 10.0 Å². The van der Waals surface area contributed by atoms with Gasteiger partial charge in [0.1, 0.15) is 5.52 Å². The number of nitrogen functional groups attached to an aromatic ring is 1. The molecule has 146 valence electrons. The Morgan fingerprint density at radius 3 is 2.48 bits per heavy atom. The summed E-state index contributed by atoms with van der Waals surface area (Å²) in [5.41, 5.74) is 6.91. The molecule has 29 heavy (non-hydrogen) atoms. The van der Waals surface area contributed by atoms with E-state index in [1.165, 1.54) is 36.7 Å². The Balaban J connectivity index is 1.54. The number of nitrogens with zero attached hydrogens (tertiary/aromatic N) is 6. The number of nitrogens with two attached hydrogens (primary N) is 1. The Labute approximate surface area is 168 Å². The lowest BCUT2D eigenvalue weighted by atomic mass is 10.3. The van der Waals surface area contributed by atoms with Crippen LogP contribution in [0, 0.1) is 4.64 Å². The molecular formula is C15H12N10O2S2. The molecule has 0 aliphatic carbocycles. The number of imidazole rings is 1. The summed E-state index contributed by atoms with van der Waals surface area (Å²) in [6.07, 6.45) is 2.87. The molecule has 4 aromatic rings. The number of rotatable bonds is 5. The van der Waals surface area contributed by atoms with Gasteiger partial charge in [-0.3, -0.25) is 0 Å². The molecule has 0 fully saturated rings. The van der Waals surface area contributed by atoms with Gasteiger partial charge in [0.25, 0.3) is 10.0 Å². The number of hydrogen-bond donors (Lipinski definition) is 4. The zero-order valence-electron chi connectivity index (χ0n) is 14.4. The minimum absolute atomic E-state index is 0.0193. The molecule has 0 saturated heterocycles. The van der Waals surface area contributed by atoms with Crippen LogP contribution in [0.15, 0.2) is 57.8 Å². The molecule has 4 rings (SSSR count). The van der Waals surface area contributed by atoms with Gasteiger partial charge in [0.05, 0.1) is 10.6 Å². The van der Waals surface area contributed by atoms with E-state index in [1.807, 2.05) is 0 Å². The third-order valence-corrected chi connectivity index (χ3v) is 5.21. The summed E-state index contributed by atoms with van der Waals surface area (Å²) in [4.78, 5) is 21.4. The molecule has 3 heterocycles. The Morgan fingerprint density at radius 2 is 1.76 bits per heavy atom. The lowest BCUT2D eigenvalue weighted by Crippen LogP contribution is -2.14. The molecule has 1 aromatic carbocycles. The molecule has 3 aromatic heterocycles. The molecule has 0 aliphatic rings. The first-order valence-corrected chi connectivity index (χ1v) is 9.87. The highest BCUT2D eigenvalue weighted by molar-refractivity contribution is 7.92. The minimum atomic E-state index is -3.82. The summed E-state index contributed by atoms with van der Waals surface area (Å²) in [6, 6.07) is 7.35. The molecule has 14 heteroatoms. The molecule has 12 nitrogen and oxygen atoms in total. The lowest BCUT2D eigenvalue weighted by molar-refractivity contribution is 0.601. The van der Waals surface area contributed by atoms with Gasteiger partial charge in [-0.1, -0.05) is 12.2 Å². The van der Waals surface area contributed by atoms with Gasteiger partial charge in [-0.2, -0.15) is 4.98 Å². The number of H-pyrrole nitrogens is 2. The van der Waals surface area contributed by atoms with Crippen LogP contribution in [0.1, 0.15) is 0 Å². The zero-order chi connectivity index (χ0) is 20.4. The van der Waals surface area contributed by atoms with Crippen molar-refractivity contribution in [3.63, 3.8) is 0 Å². The predicted octanol–water partition coefficient (Wildman–Crippen LogP) is 2.60. The zero-order valence-corrected chi connectivity index (χ0v) is 16.1. The van der Waals surface area contributed by atoms with Gasteiger partial charge in [0.15, 0.2) is 10.3 Å². The molecular weight excluding hydrogens is 416 g/mol.